The summed E-state index contributed by atoms with van der Waals surface area (Å²) in [6.07, 6.45) is 2.11. The van der Waals surface area contributed by atoms with E-state index in [2.05, 4.69) is 0 Å². The fourth-order valence-electron chi connectivity index (χ4n) is 2.13. The van der Waals surface area contributed by atoms with Crippen LogP contribution in [0.2, 0.25) is 0 Å². The molecule has 0 atom stereocenters. The van der Waals surface area contributed by atoms with Gasteiger partial charge in [0.05, 0.1) is 17.8 Å². The summed E-state index contributed by atoms with van der Waals surface area (Å²) in [7, 11) is -0.755. The first-order valence-electron chi connectivity index (χ1n) is 7.12. The maximum atomic E-state index is 13.9. The minimum atomic E-state index is -0.755. The molecule has 0 aromatic heterocycles. The third-order valence-electron chi connectivity index (χ3n) is 4.24. The van der Waals surface area contributed by atoms with Crippen LogP contribution in [-0.4, -0.2) is 36.3 Å². The summed E-state index contributed by atoms with van der Waals surface area (Å²) < 4.78 is 25.6. The molecule has 1 heterocycles. The van der Waals surface area contributed by atoms with Gasteiger partial charge in [0.25, 0.3) is 0 Å². The van der Waals surface area contributed by atoms with Gasteiger partial charge in [-0.05, 0) is 51.4 Å². The van der Waals surface area contributed by atoms with Crippen molar-refractivity contribution in [1.82, 2.24) is 0 Å². The number of aliphatic hydroxyl groups excluding tert-OH is 1. The van der Waals surface area contributed by atoms with Crippen molar-refractivity contribution in [2.45, 2.75) is 38.9 Å². The molecule has 1 aromatic rings. The molecule has 0 aliphatic carbocycles. The molecule has 0 unspecified atom stereocenters. The number of aldehydes is 1. The lowest BCUT2D eigenvalue weighted by Gasteiger charge is -2.32. The molecule has 1 aliphatic heterocycles. The first-order valence-corrected chi connectivity index (χ1v) is 7.12. The Hall–Kier alpha value is -1.50. The van der Waals surface area contributed by atoms with Crippen LogP contribution in [0.3, 0.4) is 0 Å². The van der Waals surface area contributed by atoms with Crippen LogP contribution >= 0.6 is 0 Å². The van der Waals surface area contributed by atoms with Gasteiger partial charge in [-0.25, -0.2) is 4.39 Å². The van der Waals surface area contributed by atoms with E-state index in [-0.39, 0.29) is 12.2 Å². The highest BCUT2D eigenvalue weighted by atomic mass is 19.1. The van der Waals surface area contributed by atoms with Crippen molar-refractivity contribution in [2.24, 2.45) is 0 Å². The van der Waals surface area contributed by atoms with Gasteiger partial charge in [0.15, 0.2) is 0 Å². The highest BCUT2D eigenvalue weighted by Crippen LogP contribution is 2.38. The van der Waals surface area contributed by atoms with E-state index in [0.717, 1.165) is 0 Å². The molecule has 0 bridgehead atoms. The Morgan fingerprint density at radius 3 is 2.36 bits per heavy atom. The lowest BCUT2D eigenvalue weighted by Crippen LogP contribution is -2.41. The molecule has 4 nitrogen and oxygen atoms in total. The van der Waals surface area contributed by atoms with Crippen LogP contribution in [-0.2, 0) is 9.31 Å². The molecule has 0 saturated carbocycles. The van der Waals surface area contributed by atoms with Gasteiger partial charge in [0, 0.05) is 11.1 Å². The molecule has 1 N–H and O–H groups in total. The molecule has 6 heteroatoms. The van der Waals surface area contributed by atoms with Gasteiger partial charge in [0.1, 0.15) is 12.1 Å². The minimum Gasteiger partial charge on any atom is -0.400 e. The molecule has 22 heavy (non-hydrogen) atoms. The van der Waals surface area contributed by atoms with E-state index in [9.17, 15) is 14.3 Å². The van der Waals surface area contributed by atoms with E-state index >= 15 is 0 Å². The van der Waals surface area contributed by atoms with Crippen molar-refractivity contribution < 1.29 is 23.6 Å². The van der Waals surface area contributed by atoms with Crippen molar-refractivity contribution in [3.63, 3.8) is 0 Å². The molecule has 2 rings (SSSR count). The number of rotatable bonds is 4. The lowest BCUT2D eigenvalue weighted by molar-refractivity contribution is 0.00578. The average Bonchev–Trinajstić information content (AvgIpc) is 2.66. The number of carbonyl (C=O) groups is 1. The number of aliphatic hydroxyl groups is 1. The predicted molar refractivity (Wildman–Crippen MR) is 82.9 cm³/mol. The van der Waals surface area contributed by atoms with Crippen molar-refractivity contribution in [2.75, 3.05) is 6.61 Å². The lowest BCUT2D eigenvalue weighted by atomic mass is 9.77. The highest BCUT2D eigenvalue weighted by molar-refractivity contribution is 6.55. The Bertz CT molecular complexity index is 594. The summed E-state index contributed by atoms with van der Waals surface area (Å²) >= 11 is 0. The zero-order chi connectivity index (χ0) is 16.5. The second-order valence-electron chi connectivity index (χ2n) is 6.36. The van der Waals surface area contributed by atoms with Gasteiger partial charge in [0.2, 0.25) is 0 Å². The molecule has 118 valence electrons. The van der Waals surface area contributed by atoms with Crippen molar-refractivity contribution >= 4 is 19.5 Å². The van der Waals surface area contributed by atoms with E-state index in [0.29, 0.717) is 17.3 Å². The molecule has 1 saturated heterocycles. The second kappa shape index (κ2) is 5.95. The summed E-state index contributed by atoms with van der Waals surface area (Å²) in [4.78, 5) is 10.8. The largest absolute Gasteiger partial charge is 0.492 e. The van der Waals surface area contributed by atoms with Gasteiger partial charge >= 0.3 is 7.12 Å². The maximum Gasteiger partial charge on any atom is 0.492 e. The van der Waals surface area contributed by atoms with Crippen LogP contribution in [0, 0.1) is 5.82 Å². The van der Waals surface area contributed by atoms with Crippen molar-refractivity contribution in [3.05, 3.63) is 40.6 Å². The van der Waals surface area contributed by atoms with Crippen LogP contribution in [0.5, 0.6) is 0 Å². The van der Waals surface area contributed by atoms with Gasteiger partial charge in [-0.2, -0.15) is 0 Å². The van der Waals surface area contributed by atoms with Crippen LogP contribution in [0.25, 0.3) is 6.08 Å². The third kappa shape index (κ3) is 3.14. The van der Waals surface area contributed by atoms with Crippen LogP contribution in [0.1, 0.15) is 43.6 Å². The van der Waals surface area contributed by atoms with Crippen molar-refractivity contribution in [1.29, 1.82) is 0 Å². The monoisotopic (exact) mass is 306 g/mol. The molecular weight excluding hydrogens is 286 g/mol. The zero-order valence-corrected chi connectivity index (χ0v) is 13.2. The molecule has 1 aliphatic rings. The standard InChI is InChI=1S/C16H20BFO4/c1-15(2)16(3,4)22-17(21-15)13(10-20)8-12-7-11(9-19)5-6-14(12)18/h5-9,20H,10H2,1-4H3. The number of halogens is 1. The van der Waals surface area contributed by atoms with E-state index in [4.69, 9.17) is 9.31 Å². The molecule has 0 radical (unpaired) electrons. The fourth-order valence-corrected chi connectivity index (χ4v) is 2.13. The maximum absolute atomic E-state index is 13.9. The van der Waals surface area contributed by atoms with Gasteiger partial charge in [-0.15, -0.1) is 0 Å². The normalized spacial score (nSPS) is 20.3. The van der Waals surface area contributed by atoms with Crippen LogP contribution in [0.15, 0.2) is 23.7 Å². The molecule has 1 fully saturated rings. The van der Waals surface area contributed by atoms with Crippen molar-refractivity contribution in [3.8, 4) is 0 Å². The van der Waals surface area contributed by atoms with Crippen LogP contribution in [0.4, 0.5) is 4.39 Å². The molecule has 1 aromatic carbocycles. The Kier molecular flexibility index (Phi) is 4.56. The fraction of sp³-hybridized carbons (Fsp3) is 0.438. The van der Waals surface area contributed by atoms with Gasteiger partial charge in [-0.1, -0.05) is 6.08 Å². The minimum absolute atomic E-state index is 0.211. The van der Waals surface area contributed by atoms with E-state index < -0.39 is 24.1 Å². The summed E-state index contributed by atoms with van der Waals surface area (Å²) in [5, 5.41) is 9.59. The van der Waals surface area contributed by atoms with E-state index in [1.165, 1.54) is 24.3 Å². The average molecular weight is 306 g/mol. The second-order valence-corrected chi connectivity index (χ2v) is 6.36. The van der Waals surface area contributed by atoms with Crippen LogP contribution < -0.4 is 0 Å². The zero-order valence-electron chi connectivity index (χ0n) is 13.2. The van der Waals surface area contributed by atoms with E-state index in [1.54, 1.807) is 0 Å². The predicted octanol–water partition coefficient (Wildman–Crippen LogP) is 2.65. The molecule has 0 amide bonds. The first kappa shape index (κ1) is 16.9. The number of hydrogen-bond donors (Lipinski definition) is 1. The third-order valence-corrected chi connectivity index (χ3v) is 4.24. The molecule has 0 spiro atoms. The van der Waals surface area contributed by atoms with E-state index in [1.807, 2.05) is 27.7 Å². The smallest absolute Gasteiger partial charge is 0.400 e. The number of benzene rings is 1. The SMILES string of the molecule is CC1(C)OB(C(=Cc2cc(C=O)ccc2F)CO)OC1(C)C. The van der Waals surface area contributed by atoms with Gasteiger partial charge < -0.3 is 14.4 Å². The summed E-state index contributed by atoms with van der Waals surface area (Å²) in [5.74, 6) is -0.479. The Morgan fingerprint density at radius 1 is 1.27 bits per heavy atom. The van der Waals surface area contributed by atoms with Gasteiger partial charge in [-0.3, -0.25) is 4.79 Å². The number of hydrogen-bond acceptors (Lipinski definition) is 4. The summed E-state index contributed by atoms with van der Waals surface area (Å²) in [6, 6.07) is 4.03. The Balaban J connectivity index is 2.35. The summed E-state index contributed by atoms with van der Waals surface area (Å²) in [5.41, 5.74) is -0.118. The summed E-state index contributed by atoms with van der Waals surface area (Å²) in [6.45, 7) is 7.26. The topological polar surface area (TPSA) is 55.8 Å². The Labute approximate surface area is 130 Å². The first-order chi connectivity index (χ1) is 10.2. The number of carbonyl (C=O) groups excluding carboxylic acids is 1. The Morgan fingerprint density at radius 2 is 1.86 bits per heavy atom. The molecular formula is C16H20BFO4. The quantitative estimate of drug-likeness (QED) is 0.686. The highest BCUT2D eigenvalue weighted by Gasteiger charge is 2.52.